The molecule has 0 spiro atoms. The molecule has 4 heteroatoms. The predicted molar refractivity (Wildman–Crippen MR) is 74.1 cm³/mol. The van der Waals surface area contributed by atoms with Crippen LogP contribution in [0.15, 0.2) is 0 Å². The molecule has 1 N–H and O–H groups in total. The average Bonchev–Trinajstić information content (AvgIpc) is 2.38. The fraction of sp³-hybridized carbons (Fsp3) is 0.933. The van der Waals surface area contributed by atoms with Crippen molar-refractivity contribution in [3.05, 3.63) is 0 Å². The van der Waals surface area contributed by atoms with Crippen LogP contribution >= 0.6 is 0 Å². The van der Waals surface area contributed by atoms with Gasteiger partial charge in [0.25, 0.3) is 0 Å². The number of aliphatic carboxylic acids is 1. The largest absolute Gasteiger partial charge is 0.481 e. The quantitative estimate of drug-likeness (QED) is 0.853. The van der Waals surface area contributed by atoms with Gasteiger partial charge in [0.15, 0.2) is 0 Å². The summed E-state index contributed by atoms with van der Waals surface area (Å²) in [6.07, 6.45) is 4.24. The lowest BCUT2D eigenvalue weighted by molar-refractivity contribution is -0.147. The number of carboxylic acids is 1. The van der Waals surface area contributed by atoms with E-state index in [4.69, 9.17) is 4.74 Å². The second kappa shape index (κ2) is 6.23. The summed E-state index contributed by atoms with van der Waals surface area (Å²) in [5.74, 6) is 0.401. The summed E-state index contributed by atoms with van der Waals surface area (Å²) in [6.45, 7) is 6.37. The number of carbonyl (C=O) groups is 1. The smallest absolute Gasteiger partial charge is 0.308 e. The van der Waals surface area contributed by atoms with Gasteiger partial charge in [-0.15, -0.1) is 0 Å². The molecule has 0 aromatic heterocycles. The van der Waals surface area contributed by atoms with Crippen molar-refractivity contribution in [3.8, 4) is 0 Å². The van der Waals surface area contributed by atoms with Crippen LogP contribution in [0.2, 0.25) is 0 Å². The van der Waals surface area contributed by atoms with Crippen LogP contribution in [0, 0.1) is 17.8 Å². The summed E-state index contributed by atoms with van der Waals surface area (Å²) >= 11 is 0. The monoisotopic (exact) mass is 269 g/mol. The molecule has 0 radical (unpaired) electrons. The Kier molecular flexibility index (Phi) is 4.85. The second-order valence-corrected chi connectivity index (χ2v) is 6.47. The highest BCUT2D eigenvalue weighted by Gasteiger charge is 2.39. The molecule has 0 bridgehead atoms. The fourth-order valence-corrected chi connectivity index (χ4v) is 3.71. The van der Waals surface area contributed by atoms with Gasteiger partial charge in [-0.1, -0.05) is 13.8 Å². The number of likely N-dealkylation sites (tertiary alicyclic amines) is 1. The van der Waals surface area contributed by atoms with E-state index in [1.165, 1.54) is 0 Å². The van der Waals surface area contributed by atoms with Crippen molar-refractivity contribution in [2.24, 2.45) is 17.8 Å². The summed E-state index contributed by atoms with van der Waals surface area (Å²) in [5.41, 5.74) is 0. The van der Waals surface area contributed by atoms with Crippen LogP contribution in [-0.4, -0.2) is 48.3 Å². The summed E-state index contributed by atoms with van der Waals surface area (Å²) in [6, 6.07) is 0.200. The zero-order chi connectivity index (χ0) is 14.0. The van der Waals surface area contributed by atoms with Gasteiger partial charge in [-0.25, -0.2) is 0 Å². The lowest BCUT2D eigenvalue weighted by Crippen LogP contribution is -2.53. The van der Waals surface area contributed by atoms with Crippen LogP contribution in [0.25, 0.3) is 0 Å². The summed E-state index contributed by atoms with van der Waals surface area (Å²) < 4.78 is 5.56. The van der Waals surface area contributed by atoms with E-state index in [0.29, 0.717) is 11.8 Å². The third-order valence-corrected chi connectivity index (χ3v) is 5.09. The maximum atomic E-state index is 11.5. The molecule has 2 fully saturated rings. The van der Waals surface area contributed by atoms with Gasteiger partial charge in [0.1, 0.15) is 0 Å². The van der Waals surface area contributed by atoms with E-state index in [2.05, 4.69) is 18.7 Å². The number of nitrogens with zero attached hydrogens (tertiary/aromatic N) is 1. The molecule has 0 amide bonds. The molecule has 2 aliphatic rings. The Bertz CT molecular complexity index is 321. The van der Waals surface area contributed by atoms with Crippen molar-refractivity contribution in [1.82, 2.24) is 4.90 Å². The van der Waals surface area contributed by atoms with Crippen molar-refractivity contribution in [2.45, 2.75) is 51.7 Å². The topological polar surface area (TPSA) is 49.8 Å². The Hall–Kier alpha value is -0.610. The van der Waals surface area contributed by atoms with E-state index in [-0.39, 0.29) is 18.1 Å². The van der Waals surface area contributed by atoms with E-state index in [9.17, 15) is 9.90 Å². The molecule has 110 valence electrons. The molecule has 1 aliphatic heterocycles. The number of piperidine rings is 1. The number of hydrogen-bond donors (Lipinski definition) is 1. The summed E-state index contributed by atoms with van der Waals surface area (Å²) in [5, 5.41) is 9.44. The van der Waals surface area contributed by atoms with Gasteiger partial charge in [-0.05, 0) is 44.1 Å². The minimum Gasteiger partial charge on any atom is -0.481 e. The van der Waals surface area contributed by atoms with Gasteiger partial charge in [-0.3, -0.25) is 9.69 Å². The van der Waals surface area contributed by atoms with E-state index >= 15 is 0 Å². The highest BCUT2D eigenvalue weighted by molar-refractivity contribution is 5.71. The van der Waals surface area contributed by atoms with Gasteiger partial charge in [0.2, 0.25) is 0 Å². The van der Waals surface area contributed by atoms with E-state index in [0.717, 1.165) is 38.8 Å². The van der Waals surface area contributed by atoms with Crippen molar-refractivity contribution in [3.63, 3.8) is 0 Å². The first-order valence-corrected chi connectivity index (χ1v) is 7.52. The highest BCUT2D eigenvalue weighted by Crippen LogP contribution is 2.34. The molecule has 4 nitrogen and oxygen atoms in total. The van der Waals surface area contributed by atoms with Crippen molar-refractivity contribution < 1.29 is 14.6 Å². The van der Waals surface area contributed by atoms with Gasteiger partial charge in [0, 0.05) is 19.7 Å². The summed E-state index contributed by atoms with van der Waals surface area (Å²) in [7, 11) is 1.77. The molecule has 1 saturated heterocycles. The first kappa shape index (κ1) is 14.8. The van der Waals surface area contributed by atoms with E-state index in [1.807, 2.05) is 0 Å². The number of hydrogen-bond acceptors (Lipinski definition) is 3. The van der Waals surface area contributed by atoms with Crippen LogP contribution < -0.4 is 0 Å². The molecule has 1 heterocycles. The lowest BCUT2D eigenvalue weighted by Gasteiger charge is -2.45. The third-order valence-electron chi connectivity index (χ3n) is 5.09. The second-order valence-electron chi connectivity index (χ2n) is 6.47. The zero-order valence-corrected chi connectivity index (χ0v) is 12.3. The molecule has 0 aromatic carbocycles. The minimum atomic E-state index is -0.621. The normalized spacial score (nSPS) is 41.1. The van der Waals surface area contributed by atoms with Crippen LogP contribution in [-0.2, 0) is 9.53 Å². The van der Waals surface area contributed by atoms with Gasteiger partial charge >= 0.3 is 5.97 Å². The molecule has 5 unspecified atom stereocenters. The average molecular weight is 269 g/mol. The van der Waals surface area contributed by atoms with Crippen molar-refractivity contribution >= 4 is 5.97 Å². The maximum Gasteiger partial charge on any atom is 0.308 e. The first-order valence-electron chi connectivity index (χ1n) is 7.52. The lowest BCUT2D eigenvalue weighted by atomic mass is 9.77. The van der Waals surface area contributed by atoms with Crippen LogP contribution in [0.1, 0.15) is 39.5 Å². The molecule has 19 heavy (non-hydrogen) atoms. The van der Waals surface area contributed by atoms with Gasteiger partial charge in [0.05, 0.1) is 12.0 Å². The third kappa shape index (κ3) is 3.29. The van der Waals surface area contributed by atoms with Crippen LogP contribution in [0.4, 0.5) is 0 Å². The molecular formula is C15H27NO3. The van der Waals surface area contributed by atoms with Crippen molar-refractivity contribution in [2.75, 3.05) is 20.2 Å². The van der Waals surface area contributed by atoms with Gasteiger partial charge < -0.3 is 9.84 Å². The molecule has 1 saturated carbocycles. The van der Waals surface area contributed by atoms with Crippen LogP contribution in [0.5, 0.6) is 0 Å². The molecule has 0 aromatic rings. The predicted octanol–water partition coefficient (Wildman–Crippen LogP) is 2.23. The van der Waals surface area contributed by atoms with E-state index < -0.39 is 5.97 Å². The Morgan fingerprint density at radius 2 is 2.00 bits per heavy atom. The van der Waals surface area contributed by atoms with Gasteiger partial charge in [-0.2, -0.15) is 0 Å². The fourth-order valence-electron chi connectivity index (χ4n) is 3.71. The Balaban J connectivity index is 2.06. The molecule has 2 rings (SSSR count). The Morgan fingerprint density at radius 1 is 1.26 bits per heavy atom. The molecule has 1 aliphatic carbocycles. The minimum absolute atomic E-state index is 0.192. The number of methoxy groups -OCH3 is 1. The SMILES string of the molecule is COC1CN(C2CC(C)CCC2C(=O)O)CCC1C. The number of carboxylic acid groups (broad SMARTS) is 1. The molecule has 5 atom stereocenters. The Morgan fingerprint density at radius 3 is 2.63 bits per heavy atom. The van der Waals surface area contributed by atoms with E-state index in [1.54, 1.807) is 7.11 Å². The standard InChI is InChI=1S/C15H27NO3/c1-10-4-5-12(15(17)18)13(8-10)16-7-6-11(2)14(9-16)19-3/h10-14H,4-9H2,1-3H3,(H,17,18). The zero-order valence-electron chi connectivity index (χ0n) is 12.3. The first-order chi connectivity index (χ1) is 9.02. The number of ether oxygens (including phenoxy) is 1. The highest BCUT2D eigenvalue weighted by atomic mass is 16.5. The molecular weight excluding hydrogens is 242 g/mol. The maximum absolute atomic E-state index is 11.5. The van der Waals surface area contributed by atoms with Crippen molar-refractivity contribution in [1.29, 1.82) is 0 Å². The number of rotatable bonds is 3. The Labute approximate surface area is 116 Å². The summed E-state index contributed by atoms with van der Waals surface area (Å²) in [4.78, 5) is 13.8. The van der Waals surface area contributed by atoms with Crippen LogP contribution in [0.3, 0.4) is 0 Å².